The highest BCUT2D eigenvalue weighted by Crippen LogP contribution is 2.18. The number of sulfonamides is 1. The quantitative estimate of drug-likeness (QED) is 0.671. The first-order chi connectivity index (χ1) is 10.8. The van der Waals surface area contributed by atoms with E-state index in [1.807, 2.05) is 0 Å². The van der Waals surface area contributed by atoms with Gasteiger partial charge in [-0.25, -0.2) is 22.7 Å². The molecule has 0 fully saturated rings. The molecule has 0 aliphatic rings. The first-order valence-electron chi connectivity index (χ1n) is 6.69. The third-order valence-corrected chi connectivity index (χ3v) is 4.63. The largest absolute Gasteiger partial charge is 0.467 e. The molecular formula is C13H16N2O7S. The van der Waals surface area contributed by atoms with Gasteiger partial charge >= 0.3 is 11.7 Å². The Kier molecular flexibility index (Phi) is 4.88. The maximum atomic E-state index is 12.2. The highest BCUT2D eigenvalue weighted by atomic mass is 32.2. The summed E-state index contributed by atoms with van der Waals surface area (Å²) in [6, 6.07) is 3.96. The topological polar surface area (TPSA) is 128 Å². The van der Waals surface area contributed by atoms with Crippen LogP contribution in [0.15, 0.2) is 32.3 Å². The Bertz CT molecular complexity index is 881. The predicted octanol–water partition coefficient (Wildman–Crippen LogP) is -0.573. The molecule has 0 bridgehead atoms. The van der Waals surface area contributed by atoms with E-state index >= 15 is 0 Å². The number of hydrogen-bond donors (Lipinski definition) is 2. The van der Waals surface area contributed by atoms with E-state index in [4.69, 9.17) is 4.42 Å². The molecule has 10 heteroatoms. The number of hydrogen-bond acceptors (Lipinski definition) is 7. The summed E-state index contributed by atoms with van der Waals surface area (Å²) >= 11 is 0. The number of aryl methyl sites for hydroxylation is 1. The van der Waals surface area contributed by atoms with Crippen molar-refractivity contribution in [3.05, 3.63) is 28.7 Å². The number of carbonyl (C=O) groups is 1. The fourth-order valence-electron chi connectivity index (χ4n) is 2.00. The van der Waals surface area contributed by atoms with Gasteiger partial charge in [-0.2, -0.15) is 0 Å². The molecule has 1 atom stereocenters. The molecule has 2 N–H and O–H groups in total. The van der Waals surface area contributed by atoms with E-state index in [0.717, 1.165) is 7.11 Å². The van der Waals surface area contributed by atoms with Gasteiger partial charge in [0.15, 0.2) is 11.7 Å². The van der Waals surface area contributed by atoms with E-state index in [0.29, 0.717) is 12.1 Å². The Morgan fingerprint density at radius 1 is 1.48 bits per heavy atom. The number of fused-ring (bicyclic) bond motifs is 1. The van der Waals surface area contributed by atoms with Crippen LogP contribution >= 0.6 is 0 Å². The molecule has 0 aliphatic carbocycles. The van der Waals surface area contributed by atoms with Gasteiger partial charge in [-0.3, -0.25) is 4.57 Å². The summed E-state index contributed by atoms with van der Waals surface area (Å²) in [5.41, 5.74) is 0.610. The molecule has 0 saturated heterocycles. The smallest absolute Gasteiger partial charge is 0.419 e. The van der Waals surface area contributed by atoms with Crippen LogP contribution in [0.4, 0.5) is 0 Å². The van der Waals surface area contributed by atoms with Crippen molar-refractivity contribution in [3.63, 3.8) is 0 Å². The van der Waals surface area contributed by atoms with Crippen molar-refractivity contribution >= 4 is 27.1 Å². The highest BCUT2D eigenvalue weighted by molar-refractivity contribution is 7.89. The van der Waals surface area contributed by atoms with Gasteiger partial charge in [0.2, 0.25) is 10.0 Å². The van der Waals surface area contributed by atoms with Gasteiger partial charge in [0.05, 0.1) is 17.5 Å². The van der Waals surface area contributed by atoms with Crippen LogP contribution in [0.5, 0.6) is 0 Å². The molecule has 0 aliphatic heterocycles. The van der Waals surface area contributed by atoms with Crippen molar-refractivity contribution in [3.8, 4) is 0 Å². The van der Waals surface area contributed by atoms with Crippen LogP contribution in [-0.4, -0.2) is 43.8 Å². The fraction of sp³-hybridized carbons (Fsp3) is 0.385. The second-order valence-corrected chi connectivity index (χ2v) is 6.40. The zero-order valence-corrected chi connectivity index (χ0v) is 13.3. The maximum absolute atomic E-state index is 12.2. The minimum absolute atomic E-state index is 0.133. The number of benzene rings is 1. The molecule has 0 saturated carbocycles. The van der Waals surface area contributed by atoms with Crippen molar-refractivity contribution in [2.75, 3.05) is 13.7 Å². The number of nitrogens with one attached hydrogen (secondary N) is 1. The zero-order valence-electron chi connectivity index (χ0n) is 12.5. The third kappa shape index (κ3) is 3.44. The molecular weight excluding hydrogens is 328 g/mol. The van der Waals surface area contributed by atoms with Crippen LogP contribution in [0.1, 0.15) is 6.92 Å². The molecule has 126 valence electrons. The van der Waals surface area contributed by atoms with Crippen LogP contribution in [0.25, 0.3) is 11.1 Å². The Hall–Kier alpha value is -2.17. The second kappa shape index (κ2) is 6.52. The summed E-state index contributed by atoms with van der Waals surface area (Å²) in [6.45, 7) is 1.62. The molecule has 1 heterocycles. The Morgan fingerprint density at radius 3 is 2.78 bits per heavy atom. The average Bonchev–Trinajstić information content (AvgIpc) is 2.85. The van der Waals surface area contributed by atoms with E-state index in [1.165, 1.54) is 22.8 Å². The van der Waals surface area contributed by atoms with E-state index < -0.39 is 34.4 Å². The third-order valence-electron chi connectivity index (χ3n) is 3.21. The molecule has 1 aromatic heterocycles. The Balaban J connectivity index is 2.28. The highest BCUT2D eigenvalue weighted by Gasteiger charge is 2.21. The van der Waals surface area contributed by atoms with Crippen molar-refractivity contribution in [1.29, 1.82) is 0 Å². The molecule has 1 aromatic carbocycles. The number of aliphatic hydroxyl groups is 1. The van der Waals surface area contributed by atoms with Crippen LogP contribution in [0, 0.1) is 0 Å². The maximum Gasteiger partial charge on any atom is 0.419 e. The van der Waals surface area contributed by atoms with Gasteiger partial charge < -0.3 is 14.3 Å². The fourth-order valence-corrected chi connectivity index (χ4v) is 3.06. The normalized spacial score (nSPS) is 13.2. The lowest BCUT2D eigenvalue weighted by molar-refractivity contribution is -0.149. The molecule has 2 aromatic rings. The molecule has 0 spiro atoms. The Labute approximate surface area is 131 Å². The lowest BCUT2D eigenvalue weighted by Gasteiger charge is -2.10. The number of carbonyl (C=O) groups excluding carboxylic acids is 1. The second-order valence-electron chi connectivity index (χ2n) is 4.63. The van der Waals surface area contributed by atoms with Gasteiger partial charge in [-0.1, -0.05) is 0 Å². The molecule has 2 rings (SSSR count). The molecule has 0 amide bonds. The summed E-state index contributed by atoms with van der Waals surface area (Å²) in [7, 11) is -2.91. The number of esters is 1. The van der Waals surface area contributed by atoms with Crippen LogP contribution < -0.4 is 10.5 Å². The number of rotatable bonds is 6. The zero-order chi connectivity index (χ0) is 17.2. The first-order valence-corrected chi connectivity index (χ1v) is 8.17. The monoisotopic (exact) mass is 344 g/mol. The predicted molar refractivity (Wildman–Crippen MR) is 79.4 cm³/mol. The standard InChI is InChI=1S/C13H16N2O7S/c1-3-15-9-5-4-8(6-11(9)22-13(15)18)23(19,20)14-7-10(16)12(17)21-2/h4-6,10,14,16H,3,7H2,1-2H3/t10-/m0/s1. The van der Waals surface area contributed by atoms with Gasteiger partial charge in [-0.05, 0) is 19.1 Å². The van der Waals surface area contributed by atoms with Gasteiger partial charge in [0, 0.05) is 19.2 Å². The van der Waals surface area contributed by atoms with Gasteiger partial charge in [0.1, 0.15) is 0 Å². The first kappa shape index (κ1) is 17.2. The number of aromatic nitrogens is 1. The molecule has 9 nitrogen and oxygen atoms in total. The SMILES string of the molecule is CCn1c(=O)oc2cc(S(=O)(=O)NC[C@H](O)C(=O)OC)ccc21. The lowest BCUT2D eigenvalue weighted by atomic mass is 10.3. The Morgan fingerprint density at radius 2 is 2.17 bits per heavy atom. The van der Waals surface area contributed by atoms with Crippen molar-refractivity contribution in [2.45, 2.75) is 24.5 Å². The van der Waals surface area contributed by atoms with Crippen molar-refractivity contribution in [2.24, 2.45) is 0 Å². The summed E-state index contributed by atoms with van der Waals surface area (Å²) in [5.74, 6) is -1.53. The summed E-state index contributed by atoms with van der Waals surface area (Å²) in [6.07, 6.45) is -1.61. The number of nitrogens with zero attached hydrogens (tertiary/aromatic N) is 1. The van der Waals surface area contributed by atoms with E-state index in [2.05, 4.69) is 9.46 Å². The number of methoxy groups -OCH3 is 1. The number of ether oxygens (including phenoxy) is 1. The van der Waals surface area contributed by atoms with Crippen LogP contribution in [-0.2, 0) is 26.1 Å². The minimum atomic E-state index is -3.99. The number of oxazole rings is 1. The summed E-state index contributed by atoms with van der Waals surface area (Å²) in [4.78, 5) is 22.5. The van der Waals surface area contributed by atoms with E-state index in [-0.39, 0.29) is 10.5 Å². The van der Waals surface area contributed by atoms with Crippen LogP contribution in [0.2, 0.25) is 0 Å². The number of aliphatic hydroxyl groups excluding tert-OH is 1. The van der Waals surface area contributed by atoms with Gasteiger partial charge in [0.25, 0.3) is 0 Å². The summed E-state index contributed by atoms with van der Waals surface area (Å²) < 4.78 is 37.0. The lowest BCUT2D eigenvalue weighted by Crippen LogP contribution is -2.37. The van der Waals surface area contributed by atoms with Crippen molar-refractivity contribution in [1.82, 2.24) is 9.29 Å². The molecule has 0 unspecified atom stereocenters. The van der Waals surface area contributed by atoms with E-state index in [1.54, 1.807) is 6.92 Å². The molecule has 23 heavy (non-hydrogen) atoms. The van der Waals surface area contributed by atoms with Crippen LogP contribution in [0.3, 0.4) is 0 Å². The van der Waals surface area contributed by atoms with E-state index in [9.17, 15) is 23.1 Å². The summed E-state index contributed by atoms with van der Waals surface area (Å²) in [5, 5.41) is 9.41. The minimum Gasteiger partial charge on any atom is -0.467 e. The van der Waals surface area contributed by atoms with Gasteiger partial charge in [-0.15, -0.1) is 0 Å². The molecule has 0 radical (unpaired) electrons. The van der Waals surface area contributed by atoms with Crippen molar-refractivity contribution < 1.29 is 27.5 Å². The average molecular weight is 344 g/mol.